The maximum Gasteiger partial charge on any atom is 0.226 e. The van der Waals surface area contributed by atoms with Crippen molar-refractivity contribution >= 4 is 0 Å². The van der Waals surface area contributed by atoms with Gasteiger partial charge in [-0.1, -0.05) is 5.16 Å². The molecule has 0 bridgehead atoms. The van der Waals surface area contributed by atoms with E-state index < -0.39 is 0 Å². The Morgan fingerprint density at radius 3 is 3.33 bits per heavy atom. The summed E-state index contributed by atoms with van der Waals surface area (Å²) in [5.74, 6) is 1.45. The molecule has 0 amide bonds. The third-order valence-electron chi connectivity index (χ3n) is 2.27. The molecule has 1 aliphatic heterocycles. The number of rotatable bonds is 2. The summed E-state index contributed by atoms with van der Waals surface area (Å²) in [5.41, 5.74) is 0. The summed E-state index contributed by atoms with van der Waals surface area (Å²) in [5, 5.41) is 6.94. The van der Waals surface area contributed by atoms with Crippen LogP contribution in [0.15, 0.2) is 10.9 Å². The lowest BCUT2D eigenvalue weighted by Gasteiger charge is -2.20. The van der Waals surface area contributed by atoms with Crippen LogP contribution in [0.5, 0.6) is 0 Å². The van der Waals surface area contributed by atoms with Crippen LogP contribution in [0.1, 0.15) is 18.7 Å². The van der Waals surface area contributed by atoms with Gasteiger partial charge in [0.25, 0.3) is 0 Å². The fourth-order valence-electron chi connectivity index (χ4n) is 1.63. The van der Waals surface area contributed by atoms with Crippen molar-refractivity contribution < 1.29 is 4.52 Å². The molecular formula is C8H13N3O. The SMILES string of the molecule is c1noc(CC2CCCNC2)n1. The second-order valence-electron chi connectivity index (χ2n) is 3.25. The van der Waals surface area contributed by atoms with Crippen molar-refractivity contribution in [1.29, 1.82) is 0 Å². The summed E-state index contributed by atoms with van der Waals surface area (Å²) in [6.07, 6.45) is 4.92. The van der Waals surface area contributed by atoms with Gasteiger partial charge >= 0.3 is 0 Å². The highest BCUT2D eigenvalue weighted by Crippen LogP contribution is 2.14. The van der Waals surface area contributed by atoms with Crippen LogP contribution < -0.4 is 5.32 Å². The molecule has 66 valence electrons. The molecule has 1 atom stereocenters. The molecule has 0 spiro atoms. The molecule has 1 fully saturated rings. The molecule has 4 nitrogen and oxygen atoms in total. The number of piperidine rings is 1. The van der Waals surface area contributed by atoms with Crippen molar-refractivity contribution in [3.63, 3.8) is 0 Å². The predicted molar refractivity (Wildman–Crippen MR) is 43.6 cm³/mol. The summed E-state index contributed by atoms with van der Waals surface area (Å²) in [7, 11) is 0. The smallest absolute Gasteiger partial charge is 0.226 e. The third-order valence-corrected chi connectivity index (χ3v) is 2.27. The first kappa shape index (κ1) is 7.73. The average molecular weight is 167 g/mol. The van der Waals surface area contributed by atoms with Crippen LogP contribution in [-0.4, -0.2) is 23.2 Å². The quantitative estimate of drug-likeness (QED) is 0.701. The second kappa shape index (κ2) is 3.67. The zero-order chi connectivity index (χ0) is 8.23. The molecule has 1 N–H and O–H groups in total. The standard InChI is InChI=1S/C8H13N3O/c1-2-7(5-9-3-1)4-8-10-6-11-12-8/h6-7,9H,1-5H2. The summed E-state index contributed by atoms with van der Waals surface area (Å²) in [4.78, 5) is 4.00. The van der Waals surface area contributed by atoms with E-state index in [9.17, 15) is 0 Å². The molecule has 4 heteroatoms. The van der Waals surface area contributed by atoms with Crippen LogP contribution in [0.25, 0.3) is 0 Å². The van der Waals surface area contributed by atoms with Crippen molar-refractivity contribution in [3.05, 3.63) is 12.2 Å². The summed E-state index contributed by atoms with van der Waals surface area (Å²) in [6, 6.07) is 0. The van der Waals surface area contributed by atoms with E-state index in [0.29, 0.717) is 5.92 Å². The highest BCUT2D eigenvalue weighted by atomic mass is 16.5. The zero-order valence-corrected chi connectivity index (χ0v) is 6.99. The van der Waals surface area contributed by atoms with Crippen LogP contribution >= 0.6 is 0 Å². The molecule has 0 saturated carbocycles. The van der Waals surface area contributed by atoms with Gasteiger partial charge in [0.1, 0.15) is 0 Å². The van der Waals surface area contributed by atoms with Crippen molar-refractivity contribution in [3.8, 4) is 0 Å². The molecule has 2 rings (SSSR count). The molecule has 2 heterocycles. The summed E-state index contributed by atoms with van der Waals surface area (Å²) in [6.45, 7) is 2.24. The Bertz CT molecular complexity index is 216. The van der Waals surface area contributed by atoms with Crippen LogP contribution in [0.3, 0.4) is 0 Å². The molecule has 1 unspecified atom stereocenters. The first-order valence-electron chi connectivity index (χ1n) is 4.41. The second-order valence-corrected chi connectivity index (χ2v) is 3.25. The minimum Gasteiger partial charge on any atom is -0.340 e. The van der Waals surface area contributed by atoms with Crippen molar-refractivity contribution in [2.24, 2.45) is 5.92 Å². The first-order chi connectivity index (χ1) is 5.95. The van der Waals surface area contributed by atoms with Gasteiger partial charge < -0.3 is 9.84 Å². The number of hydrogen-bond donors (Lipinski definition) is 1. The summed E-state index contributed by atoms with van der Waals surface area (Å²) >= 11 is 0. The molecule has 0 aliphatic carbocycles. The van der Waals surface area contributed by atoms with E-state index in [4.69, 9.17) is 4.52 Å². The Morgan fingerprint density at radius 1 is 1.67 bits per heavy atom. The molecule has 0 radical (unpaired) electrons. The molecule has 1 aromatic rings. The van der Waals surface area contributed by atoms with E-state index in [2.05, 4.69) is 15.5 Å². The Morgan fingerprint density at radius 2 is 2.67 bits per heavy atom. The van der Waals surface area contributed by atoms with E-state index >= 15 is 0 Å². The maximum absolute atomic E-state index is 4.95. The van der Waals surface area contributed by atoms with Gasteiger partial charge in [-0.2, -0.15) is 4.98 Å². The van der Waals surface area contributed by atoms with Gasteiger partial charge in [0.15, 0.2) is 6.33 Å². The van der Waals surface area contributed by atoms with Crippen LogP contribution in [0.2, 0.25) is 0 Å². The van der Waals surface area contributed by atoms with Gasteiger partial charge in [0, 0.05) is 6.42 Å². The van der Waals surface area contributed by atoms with Gasteiger partial charge in [-0.05, 0) is 31.8 Å². The van der Waals surface area contributed by atoms with Crippen LogP contribution in [-0.2, 0) is 6.42 Å². The molecular weight excluding hydrogens is 154 g/mol. The van der Waals surface area contributed by atoms with Crippen LogP contribution in [0.4, 0.5) is 0 Å². The lowest BCUT2D eigenvalue weighted by atomic mass is 9.96. The molecule has 12 heavy (non-hydrogen) atoms. The van der Waals surface area contributed by atoms with E-state index in [0.717, 1.165) is 25.4 Å². The fraction of sp³-hybridized carbons (Fsp3) is 0.750. The fourth-order valence-corrected chi connectivity index (χ4v) is 1.63. The highest BCUT2D eigenvalue weighted by Gasteiger charge is 2.15. The molecule has 0 aromatic carbocycles. The lowest BCUT2D eigenvalue weighted by Crippen LogP contribution is -2.30. The normalized spacial score (nSPS) is 24.2. The number of aromatic nitrogens is 2. The maximum atomic E-state index is 4.95. The monoisotopic (exact) mass is 167 g/mol. The Hall–Kier alpha value is -0.900. The van der Waals surface area contributed by atoms with Gasteiger partial charge in [0.2, 0.25) is 5.89 Å². The minimum atomic E-state index is 0.680. The number of nitrogens with one attached hydrogen (secondary N) is 1. The minimum absolute atomic E-state index is 0.680. The lowest BCUT2D eigenvalue weighted by molar-refractivity contribution is 0.315. The largest absolute Gasteiger partial charge is 0.340 e. The molecule has 1 aromatic heterocycles. The Labute approximate surface area is 71.4 Å². The topological polar surface area (TPSA) is 51.0 Å². The Kier molecular flexibility index (Phi) is 2.36. The molecule has 1 saturated heterocycles. The van der Waals surface area contributed by atoms with E-state index in [1.165, 1.54) is 19.2 Å². The average Bonchev–Trinajstić information content (AvgIpc) is 2.59. The van der Waals surface area contributed by atoms with E-state index in [1.54, 1.807) is 0 Å². The van der Waals surface area contributed by atoms with Crippen molar-refractivity contribution in [2.75, 3.05) is 13.1 Å². The zero-order valence-electron chi connectivity index (χ0n) is 6.99. The van der Waals surface area contributed by atoms with Crippen molar-refractivity contribution in [1.82, 2.24) is 15.5 Å². The Balaban J connectivity index is 1.86. The predicted octanol–water partition coefficient (Wildman–Crippen LogP) is 0.612. The van der Waals surface area contributed by atoms with E-state index in [1.807, 2.05) is 0 Å². The van der Waals surface area contributed by atoms with Crippen molar-refractivity contribution in [2.45, 2.75) is 19.3 Å². The van der Waals surface area contributed by atoms with Gasteiger partial charge in [-0.15, -0.1) is 0 Å². The molecule has 1 aliphatic rings. The number of nitrogens with zero attached hydrogens (tertiary/aromatic N) is 2. The van der Waals surface area contributed by atoms with Gasteiger partial charge in [-0.3, -0.25) is 0 Å². The third kappa shape index (κ3) is 1.82. The van der Waals surface area contributed by atoms with Gasteiger partial charge in [-0.25, -0.2) is 0 Å². The van der Waals surface area contributed by atoms with Crippen LogP contribution in [0, 0.1) is 5.92 Å². The highest BCUT2D eigenvalue weighted by molar-refractivity contribution is 4.81. The van der Waals surface area contributed by atoms with E-state index in [-0.39, 0.29) is 0 Å². The summed E-state index contributed by atoms with van der Waals surface area (Å²) < 4.78 is 4.95. The van der Waals surface area contributed by atoms with Gasteiger partial charge in [0.05, 0.1) is 0 Å². The number of hydrogen-bond acceptors (Lipinski definition) is 4. The first-order valence-corrected chi connectivity index (χ1v) is 4.41.